The van der Waals surface area contributed by atoms with E-state index in [-0.39, 0.29) is 22.7 Å². The Balaban J connectivity index is 1.85. The number of rotatable bonds is 4. The minimum absolute atomic E-state index is 0.192. The molecule has 1 amide bonds. The molecule has 4 aromatic rings. The Hall–Kier alpha value is -3.48. The van der Waals surface area contributed by atoms with E-state index in [0.717, 1.165) is 11.0 Å². The third-order valence-electron chi connectivity index (χ3n) is 5.08. The largest absolute Gasteiger partial charge is 0.305 e. The molecule has 2 aromatic carbocycles. The number of imidazole rings is 1. The van der Waals surface area contributed by atoms with Crippen LogP contribution in [-0.2, 0) is 12.1 Å². The SMILES string of the molecule is CC(C)Cn1nc(C(=O)Nc2nc3ccccc3n2C(C)(C)C)c2ccccc2c1=O. The van der Waals surface area contributed by atoms with Gasteiger partial charge in [0.2, 0.25) is 5.95 Å². The van der Waals surface area contributed by atoms with Crippen LogP contribution in [0.25, 0.3) is 21.8 Å². The van der Waals surface area contributed by atoms with E-state index in [0.29, 0.717) is 23.3 Å². The van der Waals surface area contributed by atoms with E-state index in [1.165, 1.54) is 4.68 Å². The van der Waals surface area contributed by atoms with E-state index in [1.54, 1.807) is 24.3 Å². The zero-order valence-corrected chi connectivity index (χ0v) is 18.5. The van der Waals surface area contributed by atoms with Crippen LogP contribution in [0.1, 0.15) is 45.1 Å². The van der Waals surface area contributed by atoms with Gasteiger partial charge in [-0.15, -0.1) is 0 Å². The second-order valence-corrected chi connectivity index (χ2v) is 9.16. The highest BCUT2D eigenvalue weighted by atomic mass is 16.2. The number of aromatic nitrogens is 4. The molecule has 0 aliphatic carbocycles. The van der Waals surface area contributed by atoms with E-state index in [2.05, 4.69) is 36.2 Å². The standard InChI is InChI=1S/C24H27N5O2/c1-15(2)14-28-22(31)17-11-7-6-10-16(17)20(27-28)21(30)26-23-25-18-12-8-9-13-19(18)29(23)24(3,4)5/h6-13,15H,14H2,1-5H3,(H,25,26,30). The normalized spacial score (nSPS) is 12.1. The molecule has 0 saturated heterocycles. The second kappa shape index (κ2) is 7.65. The molecule has 0 fully saturated rings. The van der Waals surface area contributed by atoms with Crippen molar-refractivity contribution >= 4 is 33.7 Å². The lowest BCUT2D eigenvalue weighted by Crippen LogP contribution is -2.30. The van der Waals surface area contributed by atoms with Gasteiger partial charge in [0.05, 0.1) is 16.4 Å². The molecule has 4 rings (SSSR count). The monoisotopic (exact) mass is 417 g/mol. The third-order valence-corrected chi connectivity index (χ3v) is 5.08. The molecule has 160 valence electrons. The first kappa shape index (κ1) is 20.8. The zero-order chi connectivity index (χ0) is 22.3. The van der Waals surface area contributed by atoms with Gasteiger partial charge in [0.15, 0.2) is 5.69 Å². The second-order valence-electron chi connectivity index (χ2n) is 9.16. The zero-order valence-electron chi connectivity index (χ0n) is 18.5. The van der Waals surface area contributed by atoms with Gasteiger partial charge in [0.25, 0.3) is 11.5 Å². The van der Waals surface area contributed by atoms with Crippen LogP contribution in [0, 0.1) is 5.92 Å². The number of hydrogen-bond donors (Lipinski definition) is 1. The van der Waals surface area contributed by atoms with Crippen molar-refractivity contribution in [2.24, 2.45) is 5.92 Å². The summed E-state index contributed by atoms with van der Waals surface area (Å²) in [6.07, 6.45) is 0. The lowest BCUT2D eigenvalue weighted by molar-refractivity contribution is 0.102. The molecule has 0 atom stereocenters. The highest BCUT2D eigenvalue weighted by molar-refractivity contribution is 6.11. The number of carbonyl (C=O) groups excluding carboxylic acids is 1. The summed E-state index contributed by atoms with van der Waals surface area (Å²) in [5, 5.41) is 8.40. The highest BCUT2D eigenvalue weighted by Gasteiger charge is 2.24. The molecule has 0 radical (unpaired) electrons. The summed E-state index contributed by atoms with van der Waals surface area (Å²) in [5.41, 5.74) is 1.46. The Bertz CT molecular complexity index is 1340. The van der Waals surface area contributed by atoms with E-state index in [4.69, 9.17) is 0 Å². The Kier molecular flexibility index (Phi) is 5.13. The number of hydrogen-bond acceptors (Lipinski definition) is 4. The summed E-state index contributed by atoms with van der Waals surface area (Å²) in [6, 6.07) is 14.9. The predicted molar refractivity (Wildman–Crippen MR) is 124 cm³/mol. The number of amides is 1. The summed E-state index contributed by atoms with van der Waals surface area (Å²) < 4.78 is 3.39. The van der Waals surface area contributed by atoms with Gasteiger partial charge in [-0.2, -0.15) is 5.10 Å². The molecule has 31 heavy (non-hydrogen) atoms. The highest BCUT2D eigenvalue weighted by Crippen LogP contribution is 2.28. The van der Waals surface area contributed by atoms with Crippen molar-refractivity contribution in [3.05, 3.63) is 64.6 Å². The van der Waals surface area contributed by atoms with Gasteiger partial charge in [0.1, 0.15) is 0 Å². The average Bonchev–Trinajstić information content (AvgIpc) is 3.08. The molecule has 0 unspecified atom stereocenters. The fraction of sp³-hybridized carbons (Fsp3) is 0.333. The number of nitrogens with zero attached hydrogens (tertiary/aromatic N) is 4. The summed E-state index contributed by atoms with van der Waals surface area (Å²) in [6.45, 7) is 10.6. The fourth-order valence-corrected chi connectivity index (χ4v) is 3.82. The molecule has 0 spiro atoms. The molecule has 7 nitrogen and oxygen atoms in total. The van der Waals surface area contributed by atoms with E-state index in [9.17, 15) is 9.59 Å². The molecule has 0 aliphatic heterocycles. The average molecular weight is 418 g/mol. The van der Waals surface area contributed by atoms with Crippen LogP contribution in [0.4, 0.5) is 5.95 Å². The maximum Gasteiger partial charge on any atom is 0.279 e. The van der Waals surface area contributed by atoms with Crippen LogP contribution >= 0.6 is 0 Å². The van der Waals surface area contributed by atoms with Crippen molar-refractivity contribution in [1.29, 1.82) is 0 Å². The van der Waals surface area contributed by atoms with Gasteiger partial charge >= 0.3 is 0 Å². The van der Waals surface area contributed by atoms with Gasteiger partial charge in [0, 0.05) is 17.5 Å². The van der Waals surface area contributed by atoms with Gasteiger partial charge in [-0.3, -0.25) is 14.9 Å². The molecule has 0 bridgehead atoms. The minimum Gasteiger partial charge on any atom is -0.305 e. The van der Waals surface area contributed by atoms with Crippen molar-refractivity contribution in [2.75, 3.05) is 5.32 Å². The molecule has 2 aromatic heterocycles. The van der Waals surface area contributed by atoms with Gasteiger partial charge < -0.3 is 4.57 Å². The predicted octanol–water partition coefficient (Wildman–Crippen LogP) is 4.41. The molecular weight excluding hydrogens is 390 g/mol. The molecule has 2 heterocycles. The molecule has 7 heteroatoms. The molecule has 0 saturated carbocycles. The fourth-order valence-electron chi connectivity index (χ4n) is 3.82. The number of anilines is 1. The van der Waals surface area contributed by atoms with Crippen LogP contribution < -0.4 is 10.9 Å². The Morgan fingerprint density at radius 2 is 1.68 bits per heavy atom. The first-order valence-electron chi connectivity index (χ1n) is 10.5. The van der Waals surface area contributed by atoms with Gasteiger partial charge in [-0.25, -0.2) is 9.67 Å². The lowest BCUT2D eigenvalue weighted by Gasteiger charge is -2.24. The smallest absolute Gasteiger partial charge is 0.279 e. The van der Waals surface area contributed by atoms with Crippen molar-refractivity contribution in [2.45, 2.75) is 46.7 Å². The Labute approximate surface area is 180 Å². The Morgan fingerprint density at radius 1 is 1.03 bits per heavy atom. The minimum atomic E-state index is -0.394. The topological polar surface area (TPSA) is 81.8 Å². The van der Waals surface area contributed by atoms with Crippen molar-refractivity contribution < 1.29 is 4.79 Å². The summed E-state index contributed by atoms with van der Waals surface area (Å²) >= 11 is 0. The Morgan fingerprint density at radius 3 is 2.35 bits per heavy atom. The summed E-state index contributed by atoms with van der Waals surface area (Å²) in [7, 11) is 0. The molecule has 1 N–H and O–H groups in total. The van der Waals surface area contributed by atoms with Crippen molar-refractivity contribution in [3.63, 3.8) is 0 Å². The maximum absolute atomic E-state index is 13.4. The number of para-hydroxylation sites is 2. The summed E-state index contributed by atoms with van der Waals surface area (Å²) in [4.78, 5) is 30.9. The van der Waals surface area contributed by atoms with E-state index in [1.807, 2.05) is 42.7 Å². The van der Waals surface area contributed by atoms with Crippen LogP contribution in [0.15, 0.2) is 53.3 Å². The maximum atomic E-state index is 13.4. The van der Waals surface area contributed by atoms with Crippen molar-refractivity contribution in [1.82, 2.24) is 19.3 Å². The van der Waals surface area contributed by atoms with Gasteiger partial charge in [-0.05, 0) is 44.9 Å². The van der Waals surface area contributed by atoms with Gasteiger partial charge in [-0.1, -0.05) is 44.2 Å². The first-order chi connectivity index (χ1) is 14.7. The van der Waals surface area contributed by atoms with E-state index >= 15 is 0 Å². The number of fused-ring (bicyclic) bond motifs is 2. The first-order valence-corrected chi connectivity index (χ1v) is 10.5. The van der Waals surface area contributed by atoms with Crippen LogP contribution in [-0.4, -0.2) is 25.2 Å². The van der Waals surface area contributed by atoms with Crippen LogP contribution in [0.2, 0.25) is 0 Å². The number of nitrogens with one attached hydrogen (secondary N) is 1. The van der Waals surface area contributed by atoms with E-state index < -0.39 is 5.91 Å². The molecule has 0 aliphatic rings. The van der Waals surface area contributed by atoms with Crippen LogP contribution in [0.3, 0.4) is 0 Å². The number of benzene rings is 2. The number of carbonyl (C=O) groups is 1. The lowest BCUT2D eigenvalue weighted by atomic mass is 10.1. The molecular formula is C24H27N5O2. The third kappa shape index (κ3) is 3.83. The van der Waals surface area contributed by atoms with Crippen LogP contribution in [0.5, 0.6) is 0 Å². The summed E-state index contributed by atoms with van der Waals surface area (Å²) in [5.74, 6) is 0.271. The quantitative estimate of drug-likeness (QED) is 0.533. The van der Waals surface area contributed by atoms with Crippen molar-refractivity contribution in [3.8, 4) is 0 Å².